The summed E-state index contributed by atoms with van der Waals surface area (Å²) in [4.78, 5) is 14.2. The molecule has 0 spiro atoms. The summed E-state index contributed by atoms with van der Waals surface area (Å²) in [5.74, 6) is -0.180. The molecule has 2 rings (SSSR count). The van der Waals surface area contributed by atoms with Crippen molar-refractivity contribution < 1.29 is 9.90 Å². The van der Waals surface area contributed by atoms with Crippen LogP contribution in [0.15, 0.2) is 60.3 Å². The van der Waals surface area contributed by atoms with Gasteiger partial charge in [0.05, 0.1) is 0 Å². The fourth-order valence-electron chi connectivity index (χ4n) is 2.53. The van der Waals surface area contributed by atoms with Crippen LogP contribution in [0.2, 0.25) is 0 Å². The van der Waals surface area contributed by atoms with Gasteiger partial charge in [-0.1, -0.05) is 24.3 Å². The first kappa shape index (κ1) is 19.1. The van der Waals surface area contributed by atoms with Crippen LogP contribution < -0.4 is 10.2 Å². The van der Waals surface area contributed by atoms with E-state index < -0.39 is 5.91 Å². The summed E-state index contributed by atoms with van der Waals surface area (Å²) in [6.45, 7) is 5.04. The molecule has 5 nitrogen and oxygen atoms in total. The van der Waals surface area contributed by atoms with E-state index in [4.69, 9.17) is 0 Å². The minimum absolute atomic E-state index is 0.0686. The molecule has 5 heteroatoms. The number of phenols is 1. The number of nitrogens with zero attached hydrogens (tertiary/aromatic N) is 2. The second-order valence-corrected chi connectivity index (χ2v) is 5.95. The molecule has 0 saturated carbocycles. The normalized spacial score (nSPS) is 10.9. The molecule has 26 heavy (non-hydrogen) atoms. The van der Waals surface area contributed by atoms with Gasteiger partial charge in [-0.3, -0.25) is 4.79 Å². The second kappa shape index (κ2) is 9.28. The Morgan fingerprint density at radius 3 is 2.62 bits per heavy atom. The first-order chi connectivity index (χ1) is 12.5. The van der Waals surface area contributed by atoms with E-state index in [1.54, 1.807) is 30.5 Å². The number of aryl methyl sites for hydroxylation is 1. The molecule has 0 radical (unpaired) electrons. The third kappa shape index (κ3) is 5.38. The van der Waals surface area contributed by atoms with Crippen LogP contribution in [0.4, 0.5) is 5.69 Å². The number of anilines is 1. The summed E-state index contributed by atoms with van der Waals surface area (Å²) in [6.07, 6.45) is 2.21. The SMILES string of the molecule is CCN(/C=C(/C#N)C(=O)NCCc1ccc(O)cc1)c1cccc(C)c1. The number of hydrogen-bond acceptors (Lipinski definition) is 4. The Morgan fingerprint density at radius 2 is 2.00 bits per heavy atom. The molecule has 0 atom stereocenters. The van der Waals surface area contributed by atoms with Crippen molar-refractivity contribution in [1.82, 2.24) is 5.32 Å². The zero-order chi connectivity index (χ0) is 18.9. The Hall–Kier alpha value is -3.26. The Labute approximate surface area is 154 Å². The number of phenolic OH excluding ortho intramolecular Hbond substituents is 1. The van der Waals surface area contributed by atoms with Crippen molar-refractivity contribution in [3.63, 3.8) is 0 Å². The molecule has 2 aromatic carbocycles. The first-order valence-electron chi connectivity index (χ1n) is 8.54. The van der Waals surface area contributed by atoms with E-state index in [9.17, 15) is 15.2 Å². The molecule has 0 saturated heterocycles. The average molecular weight is 349 g/mol. The van der Waals surface area contributed by atoms with E-state index in [0.29, 0.717) is 19.5 Å². The van der Waals surface area contributed by atoms with Crippen LogP contribution >= 0.6 is 0 Å². The number of hydrogen-bond donors (Lipinski definition) is 2. The van der Waals surface area contributed by atoms with Crippen molar-refractivity contribution in [1.29, 1.82) is 5.26 Å². The minimum Gasteiger partial charge on any atom is -0.508 e. The van der Waals surface area contributed by atoms with Crippen LogP contribution in [-0.2, 0) is 11.2 Å². The summed E-state index contributed by atoms with van der Waals surface area (Å²) in [5, 5.41) is 21.4. The molecular formula is C21H23N3O2. The molecule has 0 aliphatic rings. The fourth-order valence-corrected chi connectivity index (χ4v) is 2.53. The maximum Gasteiger partial charge on any atom is 0.263 e. The number of benzene rings is 2. The lowest BCUT2D eigenvalue weighted by Crippen LogP contribution is -2.28. The Balaban J connectivity index is 2.01. The van der Waals surface area contributed by atoms with Crippen LogP contribution in [-0.4, -0.2) is 24.1 Å². The van der Waals surface area contributed by atoms with Gasteiger partial charge in [0.15, 0.2) is 0 Å². The standard InChI is InChI=1S/C21H23N3O2/c1-3-24(19-6-4-5-16(2)13-19)15-18(14-22)21(26)23-12-11-17-7-9-20(25)10-8-17/h4-10,13,15,25H,3,11-12H2,1-2H3,(H,23,26)/b18-15-. The molecule has 0 bridgehead atoms. The maximum atomic E-state index is 12.3. The van der Waals surface area contributed by atoms with Gasteiger partial charge in [0.1, 0.15) is 17.4 Å². The molecule has 2 aromatic rings. The van der Waals surface area contributed by atoms with Gasteiger partial charge in [0.2, 0.25) is 0 Å². The number of carbonyl (C=O) groups is 1. The van der Waals surface area contributed by atoms with Gasteiger partial charge in [-0.2, -0.15) is 5.26 Å². The lowest BCUT2D eigenvalue weighted by Gasteiger charge is -2.19. The van der Waals surface area contributed by atoms with Crippen LogP contribution in [0.25, 0.3) is 0 Å². The van der Waals surface area contributed by atoms with Crippen molar-refractivity contribution in [3.8, 4) is 11.8 Å². The lowest BCUT2D eigenvalue weighted by molar-refractivity contribution is -0.117. The highest BCUT2D eigenvalue weighted by Gasteiger charge is 2.11. The predicted octanol–water partition coefficient (Wildman–Crippen LogP) is 3.29. The Kier molecular flexibility index (Phi) is 6.81. The molecule has 0 unspecified atom stereocenters. The monoisotopic (exact) mass is 349 g/mol. The molecule has 0 heterocycles. The van der Waals surface area contributed by atoms with E-state index in [0.717, 1.165) is 16.8 Å². The Bertz CT molecular complexity index is 820. The Morgan fingerprint density at radius 1 is 1.27 bits per heavy atom. The molecular weight excluding hydrogens is 326 g/mol. The summed E-state index contributed by atoms with van der Waals surface area (Å²) >= 11 is 0. The van der Waals surface area contributed by atoms with Gasteiger partial charge in [-0.05, 0) is 55.7 Å². The lowest BCUT2D eigenvalue weighted by atomic mass is 10.1. The number of rotatable bonds is 7. The molecule has 1 amide bonds. The predicted molar refractivity (Wildman–Crippen MR) is 103 cm³/mol. The summed E-state index contributed by atoms with van der Waals surface area (Å²) in [5.41, 5.74) is 3.13. The summed E-state index contributed by atoms with van der Waals surface area (Å²) < 4.78 is 0. The molecule has 0 aromatic heterocycles. The zero-order valence-electron chi connectivity index (χ0n) is 15.1. The van der Waals surface area contributed by atoms with Crippen molar-refractivity contribution in [3.05, 3.63) is 71.4 Å². The second-order valence-electron chi connectivity index (χ2n) is 5.95. The molecule has 134 valence electrons. The van der Waals surface area contributed by atoms with Crippen molar-refractivity contribution >= 4 is 11.6 Å². The zero-order valence-corrected chi connectivity index (χ0v) is 15.1. The largest absolute Gasteiger partial charge is 0.508 e. The smallest absolute Gasteiger partial charge is 0.263 e. The number of nitriles is 1. The van der Waals surface area contributed by atoms with E-state index in [1.807, 2.05) is 49.1 Å². The van der Waals surface area contributed by atoms with Gasteiger partial charge in [0.25, 0.3) is 5.91 Å². The maximum absolute atomic E-state index is 12.3. The van der Waals surface area contributed by atoms with Crippen molar-refractivity contribution in [2.45, 2.75) is 20.3 Å². The van der Waals surface area contributed by atoms with Crippen LogP contribution in [0.3, 0.4) is 0 Å². The van der Waals surface area contributed by atoms with Gasteiger partial charge in [0, 0.05) is 25.0 Å². The topological polar surface area (TPSA) is 76.4 Å². The first-order valence-corrected chi connectivity index (χ1v) is 8.54. The van der Waals surface area contributed by atoms with Gasteiger partial charge in [-0.15, -0.1) is 0 Å². The number of amides is 1. The summed E-state index contributed by atoms with van der Waals surface area (Å²) in [6, 6.07) is 16.7. The fraction of sp³-hybridized carbons (Fsp3) is 0.238. The highest BCUT2D eigenvalue weighted by atomic mass is 16.3. The molecule has 0 aliphatic heterocycles. The van der Waals surface area contributed by atoms with Gasteiger partial charge < -0.3 is 15.3 Å². The van der Waals surface area contributed by atoms with Crippen LogP contribution in [0, 0.1) is 18.3 Å². The van der Waals surface area contributed by atoms with E-state index in [1.165, 1.54) is 0 Å². The number of aromatic hydroxyl groups is 1. The number of nitrogens with one attached hydrogen (secondary N) is 1. The number of carbonyl (C=O) groups excluding carboxylic acids is 1. The van der Waals surface area contributed by atoms with Gasteiger partial charge >= 0.3 is 0 Å². The van der Waals surface area contributed by atoms with E-state index >= 15 is 0 Å². The summed E-state index contributed by atoms with van der Waals surface area (Å²) in [7, 11) is 0. The van der Waals surface area contributed by atoms with Crippen LogP contribution in [0.5, 0.6) is 5.75 Å². The molecule has 0 aliphatic carbocycles. The van der Waals surface area contributed by atoms with E-state index in [2.05, 4.69) is 5.32 Å². The minimum atomic E-state index is -0.391. The van der Waals surface area contributed by atoms with Crippen LogP contribution in [0.1, 0.15) is 18.1 Å². The average Bonchev–Trinajstić information content (AvgIpc) is 2.64. The van der Waals surface area contributed by atoms with Crippen molar-refractivity contribution in [2.24, 2.45) is 0 Å². The third-order valence-corrected chi connectivity index (χ3v) is 3.96. The third-order valence-electron chi connectivity index (χ3n) is 3.96. The quantitative estimate of drug-likeness (QED) is 0.594. The highest BCUT2D eigenvalue weighted by molar-refractivity contribution is 5.97. The van der Waals surface area contributed by atoms with E-state index in [-0.39, 0.29) is 11.3 Å². The molecule has 0 fully saturated rings. The van der Waals surface area contributed by atoms with Gasteiger partial charge in [-0.25, -0.2) is 0 Å². The molecule has 2 N–H and O–H groups in total. The van der Waals surface area contributed by atoms with Crippen molar-refractivity contribution in [2.75, 3.05) is 18.0 Å². The highest BCUT2D eigenvalue weighted by Crippen LogP contribution is 2.17.